The predicted octanol–water partition coefficient (Wildman–Crippen LogP) is 1.42. The summed E-state index contributed by atoms with van der Waals surface area (Å²) in [5.74, 6) is 0.805. The summed E-state index contributed by atoms with van der Waals surface area (Å²) in [4.78, 5) is 13.1. The van der Waals surface area contributed by atoms with Crippen LogP contribution >= 0.6 is 0 Å². The van der Waals surface area contributed by atoms with Crippen molar-refractivity contribution in [1.29, 1.82) is 0 Å². The summed E-state index contributed by atoms with van der Waals surface area (Å²) in [6.45, 7) is 2.20. The number of furan rings is 1. The van der Waals surface area contributed by atoms with Crippen molar-refractivity contribution < 1.29 is 9.21 Å². The molecule has 0 bridgehead atoms. The molecule has 1 heterocycles. The Kier molecular flexibility index (Phi) is 2.03. The van der Waals surface area contributed by atoms with Crippen molar-refractivity contribution in [3.8, 4) is 0 Å². The van der Waals surface area contributed by atoms with Gasteiger partial charge in [0.25, 0.3) is 0 Å². The van der Waals surface area contributed by atoms with Gasteiger partial charge in [-0.1, -0.05) is 0 Å². The van der Waals surface area contributed by atoms with Gasteiger partial charge in [0.2, 0.25) is 6.08 Å². The lowest BCUT2D eigenvalue weighted by molar-refractivity contribution is 0.529. The van der Waals surface area contributed by atoms with Gasteiger partial charge in [-0.2, -0.15) is 0 Å². The van der Waals surface area contributed by atoms with Crippen LogP contribution in [0.4, 0.5) is 0 Å². The summed E-state index contributed by atoms with van der Waals surface area (Å²) in [6.07, 6.45) is 3.04. The van der Waals surface area contributed by atoms with E-state index in [0.717, 1.165) is 11.3 Å². The van der Waals surface area contributed by atoms with E-state index in [1.54, 1.807) is 12.3 Å². The average molecular weight is 137 g/mol. The molecule has 0 aliphatic rings. The van der Waals surface area contributed by atoms with Crippen LogP contribution in [0.25, 0.3) is 0 Å². The first-order valence-corrected chi connectivity index (χ1v) is 2.91. The summed E-state index contributed by atoms with van der Waals surface area (Å²) in [7, 11) is 0. The normalized spacial score (nSPS) is 8.90. The molecule has 10 heavy (non-hydrogen) atoms. The second kappa shape index (κ2) is 2.99. The maximum absolute atomic E-state index is 9.69. The first-order chi connectivity index (χ1) is 4.84. The lowest BCUT2D eigenvalue weighted by Gasteiger charge is -1.86. The largest absolute Gasteiger partial charge is 0.469 e. The van der Waals surface area contributed by atoms with Crippen LogP contribution in [0.3, 0.4) is 0 Å². The monoisotopic (exact) mass is 137 g/mol. The molecular formula is C7H7NO2. The molecule has 0 saturated carbocycles. The van der Waals surface area contributed by atoms with Crippen molar-refractivity contribution in [3.05, 3.63) is 23.7 Å². The van der Waals surface area contributed by atoms with Crippen molar-refractivity contribution in [2.45, 2.75) is 13.5 Å². The summed E-state index contributed by atoms with van der Waals surface area (Å²) in [5.41, 5.74) is 0.934. The lowest BCUT2D eigenvalue weighted by atomic mass is 10.3. The van der Waals surface area contributed by atoms with E-state index in [1.165, 1.54) is 6.08 Å². The highest BCUT2D eigenvalue weighted by molar-refractivity contribution is 5.33. The highest BCUT2D eigenvalue weighted by Crippen LogP contribution is 2.08. The molecule has 0 unspecified atom stereocenters. The Labute approximate surface area is 58.4 Å². The number of hydrogen-bond donors (Lipinski definition) is 0. The van der Waals surface area contributed by atoms with Gasteiger partial charge in [-0.05, 0) is 13.0 Å². The smallest absolute Gasteiger partial charge is 0.235 e. The van der Waals surface area contributed by atoms with Gasteiger partial charge in [0, 0.05) is 5.56 Å². The van der Waals surface area contributed by atoms with Crippen LogP contribution in [0.2, 0.25) is 0 Å². The van der Waals surface area contributed by atoms with Gasteiger partial charge < -0.3 is 4.42 Å². The van der Waals surface area contributed by atoms with E-state index >= 15 is 0 Å². The van der Waals surface area contributed by atoms with E-state index in [0.29, 0.717) is 6.54 Å². The molecule has 0 atom stereocenters. The Morgan fingerprint density at radius 3 is 3.10 bits per heavy atom. The van der Waals surface area contributed by atoms with Crippen molar-refractivity contribution in [2.24, 2.45) is 4.99 Å². The van der Waals surface area contributed by atoms with Crippen LogP contribution in [0, 0.1) is 6.92 Å². The number of isocyanates is 1. The summed E-state index contributed by atoms with van der Waals surface area (Å²) >= 11 is 0. The molecule has 0 amide bonds. The van der Waals surface area contributed by atoms with Gasteiger partial charge in [-0.3, -0.25) is 0 Å². The van der Waals surface area contributed by atoms with E-state index in [2.05, 4.69) is 4.99 Å². The fraction of sp³-hybridized carbons (Fsp3) is 0.286. The SMILES string of the molecule is Cc1occc1CN=C=O. The number of hydrogen-bond acceptors (Lipinski definition) is 3. The fourth-order valence-corrected chi connectivity index (χ4v) is 0.693. The Hall–Kier alpha value is -1.34. The predicted molar refractivity (Wildman–Crippen MR) is 35.3 cm³/mol. The molecule has 0 fully saturated rings. The first-order valence-electron chi connectivity index (χ1n) is 2.91. The minimum absolute atomic E-state index is 0.367. The molecule has 1 aromatic rings. The number of aliphatic imine (C=N–C) groups is 1. The molecule has 0 aliphatic heterocycles. The van der Waals surface area contributed by atoms with Crippen molar-refractivity contribution in [3.63, 3.8) is 0 Å². The summed E-state index contributed by atoms with van der Waals surface area (Å²) in [5, 5.41) is 0. The van der Waals surface area contributed by atoms with Crippen LogP contribution in [0.1, 0.15) is 11.3 Å². The van der Waals surface area contributed by atoms with Crippen LogP contribution < -0.4 is 0 Å². The van der Waals surface area contributed by atoms with Crippen molar-refractivity contribution >= 4 is 6.08 Å². The number of aryl methyl sites for hydroxylation is 1. The summed E-state index contributed by atoms with van der Waals surface area (Å²) < 4.78 is 4.97. The topological polar surface area (TPSA) is 42.6 Å². The number of rotatable bonds is 2. The van der Waals surface area contributed by atoms with Gasteiger partial charge in [0.1, 0.15) is 5.76 Å². The van der Waals surface area contributed by atoms with Crippen LogP contribution in [-0.4, -0.2) is 6.08 Å². The molecule has 1 rings (SSSR count). The third kappa shape index (κ3) is 1.33. The van der Waals surface area contributed by atoms with E-state index in [-0.39, 0.29) is 0 Å². The molecule has 0 aliphatic carbocycles. The van der Waals surface area contributed by atoms with Crippen LogP contribution in [0.5, 0.6) is 0 Å². The first kappa shape index (κ1) is 6.78. The molecule has 3 heteroatoms. The minimum Gasteiger partial charge on any atom is -0.469 e. The van der Waals surface area contributed by atoms with E-state index < -0.39 is 0 Å². The molecule has 0 radical (unpaired) electrons. The van der Waals surface area contributed by atoms with Crippen molar-refractivity contribution in [2.75, 3.05) is 0 Å². The minimum atomic E-state index is 0.367. The van der Waals surface area contributed by atoms with Gasteiger partial charge in [-0.25, -0.2) is 9.79 Å². The van der Waals surface area contributed by atoms with E-state index in [1.807, 2.05) is 6.92 Å². The maximum Gasteiger partial charge on any atom is 0.235 e. The van der Waals surface area contributed by atoms with Gasteiger partial charge in [0.05, 0.1) is 12.8 Å². The number of carbonyl (C=O) groups excluding carboxylic acids is 1. The van der Waals surface area contributed by atoms with Crippen molar-refractivity contribution in [1.82, 2.24) is 0 Å². The van der Waals surface area contributed by atoms with Gasteiger partial charge >= 0.3 is 0 Å². The fourth-order valence-electron chi connectivity index (χ4n) is 0.693. The lowest BCUT2D eigenvalue weighted by Crippen LogP contribution is -1.78. The molecule has 52 valence electrons. The Morgan fingerprint density at radius 1 is 1.80 bits per heavy atom. The van der Waals surface area contributed by atoms with Gasteiger partial charge in [-0.15, -0.1) is 0 Å². The molecule has 0 N–H and O–H groups in total. The zero-order chi connectivity index (χ0) is 7.40. The standard InChI is InChI=1S/C7H7NO2/c1-6-7(2-3-10-6)4-8-5-9/h2-3H,4H2,1H3. The second-order valence-corrected chi connectivity index (χ2v) is 1.91. The third-order valence-corrected chi connectivity index (χ3v) is 1.28. The quantitative estimate of drug-likeness (QED) is 0.457. The Morgan fingerprint density at radius 2 is 2.60 bits per heavy atom. The molecule has 0 aromatic carbocycles. The van der Waals surface area contributed by atoms with Crippen LogP contribution in [0.15, 0.2) is 21.7 Å². The molecule has 1 aromatic heterocycles. The molecule has 0 saturated heterocycles. The Bertz CT molecular complexity index is 258. The van der Waals surface area contributed by atoms with Gasteiger partial charge in [0.15, 0.2) is 0 Å². The highest BCUT2D eigenvalue weighted by atomic mass is 16.3. The second-order valence-electron chi connectivity index (χ2n) is 1.91. The zero-order valence-corrected chi connectivity index (χ0v) is 5.63. The molecular weight excluding hydrogens is 130 g/mol. The van der Waals surface area contributed by atoms with Crippen LogP contribution in [-0.2, 0) is 11.3 Å². The maximum atomic E-state index is 9.69. The average Bonchev–Trinajstić information content (AvgIpc) is 2.31. The Balaban J connectivity index is 2.74. The summed E-state index contributed by atoms with van der Waals surface area (Å²) in [6, 6.07) is 1.79. The van der Waals surface area contributed by atoms with E-state index in [9.17, 15) is 4.79 Å². The highest BCUT2D eigenvalue weighted by Gasteiger charge is 1.97. The molecule has 0 spiro atoms. The zero-order valence-electron chi connectivity index (χ0n) is 5.63. The number of nitrogens with zero attached hydrogens (tertiary/aromatic N) is 1. The third-order valence-electron chi connectivity index (χ3n) is 1.28. The van der Waals surface area contributed by atoms with E-state index in [4.69, 9.17) is 4.42 Å². The molecule has 3 nitrogen and oxygen atoms in total.